The molecule has 86 valence electrons. The molecule has 0 amide bonds. The number of amidine groups is 1. The van der Waals surface area contributed by atoms with Crippen molar-refractivity contribution in [2.45, 2.75) is 19.8 Å². The summed E-state index contributed by atoms with van der Waals surface area (Å²) in [6.45, 7) is 5.13. The van der Waals surface area contributed by atoms with Crippen LogP contribution in [0.2, 0.25) is 0 Å². The van der Waals surface area contributed by atoms with Crippen LogP contribution in [0.1, 0.15) is 24.0 Å². The third kappa shape index (κ3) is 2.09. The number of hydrogen-bond acceptors (Lipinski definition) is 3. The summed E-state index contributed by atoms with van der Waals surface area (Å²) in [6, 6.07) is 8.71. The summed E-state index contributed by atoms with van der Waals surface area (Å²) < 4.78 is 0. The van der Waals surface area contributed by atoms with Gasteiger partial charge in [-0.25, -0.2) is 0 Å². The number of nitrogens with zero attached hydrogens (tertiary/aromatic N) is 1. The van der Waals surface area contributed by atoms with Crippen LogP contribution in [0.15, 0.2) is 29.3 Å². The lowest BCUT2D eigenvalue weighted by atomic mass is 9.88. The maximum Gasteiger partial charge on any atom is 0.124 e. The zero-order chi connectivity index (χ0) is 11.5. The second-order valence-electron chi connectivity index (χ2n) is 4.34. The molecule has 1 heterocycles. The van der Waals surface area contributed by atoms with E-state index in [4.69, 9.17) is 4.84 Å². The Morgan fingerprint density at radius 3 is 2.62 bits per heavy atom. The highest BCUT2D eigenvalue weighted by atomic mass is 16.6. The van der Waals surface area contributed by atoms with Crippen molar-refractivity contribution < 1.29 is 4.84 Å². The fraction of sp³-hybridized carbons (Fsp3) is 0.462. The van der Waals surface area contributed by atoms with Crippen LogP contribution >= 0.6 is 0 Å². The van der Waals surface area contributed by atoms with Crippen molar-refractivity contribution in [2.75, 3.05) is 13.7 Å². The van der Waals surface area contributed by atoms with E-state index in [-0.39, 0.29) is 0 Å². The average Bonchev–Trinajstić information content (AvgIpc) is 2.63. The van der Waals surface area contributed by atoms with E-state index in [1.54, 1.807) is 7.11 Å². The highest BCUT2D eigenvalue weighted by molar-refractivity contribution is 5.86. The Kier molecular flexibility index (Phi) is 3.25. The summed E-state index contributed by atoms with van der Waals surface area (Å²) in [7, 11) is 1.62. The summed E-state index contributed by atoms with van der Waals surface area (Å²) in [5, 5.41) is 0. The minimum Gasteiger partial charge on any atom is -0.278 e. The number of benzene rings is 1. The number of hydroxylamine groups is 1. The fourth-order valence-corrected chi connectivity index (χ4v) is 2.13. The summed E-state index contributed by atoms with van der Waals surface area (Å²) >= 11 is 0. The van der Waals surface area contributed by atoms with E-state index >= 15 is 0 Å². The Morgan fingerprint density at radius 1 is 1.31 bits per heavy atom. The van der Waals surface area contributed by atoms with Crippen LogP contribution in [-0.4, -0.2) is 19.5 Å². The Labute approximate surface area is 96.5 Å². The maximum atomic E-state index is 4.92. The Bertz CT molecular complexity index is 383. The number of nitrogens with one attached hydrogen (secondary N) is 1. The van der Waals surface area contributed by atoms with Gasteiger partial charge >= 0.3 is 0 Å². The molecule has 1 aliphatic heterocycles. The van der Waals surface area contributed by atoms with Crippen molar-refractivity contribution >= 4 is 5.84 Å². The van der Waals surface area contributed by atoms with E-state index in [0.29, 0.717) is 11.8 Å². The van der Waals surface area contributed by atoms with Gasteiger partial charge in [0.2, 0.25) is 0 Å². The van der Waals surface area contributed by atoms with Crippen molar-refractivity contribution in [3.8, 4) is 0 Å². The predicted octanol–water partition coefficient (Wildman–Crippen LogP) is 2.28. The van der Waals surface area contributed by atoms with Gasteiger partial charge in [-0.2, -0.15) is 0 Å². The van der Waals surface area contributed by atoms with Crippen LogP contribution in [0.3, 0.4) is 0 Å². The number of hydrogen-bond donors (Lipinski definition) is 1. The Balaban J connectivity index is 2.11. The first-order valence-electron chi connectivity index (χ1n) is 5.62. The van der Waals surface area contributed by atoms with Gasteiger partial charge in [-0.3, -0.25) is 15.3 Å². The van der Waals surface area contributed by atoms with E-state index in [1.807, 2.05) is 0 Å². The van der Waals surface area contributed by atoms with E-state index in [0.717, 1.165) is 12.4 Å². The first-order valence-corrected chi connectivity index (χ1v) is 5.62. The second kappa shape index (κ2) is 4.66. The molecule has 0 saturated carbocycles. The van der Waals surface area contributed by atoms with Crippen LogP contribution in [0.25, 0.3) is 0 Å². The standard InChI is InChI=1S/C13H18N2O/c1-9-4-6-11(7-5-9)12-8-14-13(10(12)2)15-16-3/h4-7,10,12H,8H2,1-3H3,(H,14,15)/t10-,12+/m0/s1. The molecule has 0 radical (unpaired) electrons. The number of rotatable bonds is 2. The monoisotopic (exact) mass is 218 g/mol. The van der Waals surface area contributed by atoms with E-state index < -0.39 is 0 Å². The van der Waals surface area contributed by atoms with Crippen molar-refractivity contribution in [1.82, 2.24) is 5.48 Å². The lowest BCUT2D eigenvalue weighted by Crippen LogP contribution is -2.27. The molecule has 1 aliphatic rings. The molecule has 1 aromatic carbocycles. The summed E-state index contributed by atoms with van der Waals surface area (Å²) in [6.07, 6.45) is 0. The third-order valence-electron chi connectivity index (χ3n) is 3.21. The first-order chi connectivity index (χ1) is 7.72. The van der Waals surface area contributed by atoms with Gasteiger partial charge in [-0.05, 0) is 12.5 Å². The topological polar surface area (TPSA) is 33.6 Å². The van der Waals surface area contributed by atoms with Crippen LogP contribution in [0, 0.1) is 12.8 Å². The van der Waals surface area contributed by atoms with Gasteiger partial charge in [0, 0.05) is 18.4 Å². The molecule has 0 aliphatic carbocycles. The predicted molar refractivity (Wildman–Crippen MR) is 65.5 cm³/mol. The molecule has 0 saturated heterocycles. The van der Waals surface area contributed by atoms with Gasteiger partial charge in [-0.15, -0.1) is 0 Å². The van der Waals surface area contributed by atoms with Gasteiger partial charge in [0.1, 0.15) is 5.84 Å². The van der Waals surface area contributed by atoms with Crippen molar-refractivity contribution in [1.29, 1.82) is 0 Å². The van der Waals surface area contributed by atoms with Gasteiger partial charge in [-0.1, -0.05) is 36.8 Å². The molecule has 0 aromatic heterocycles. The molecule has 1 aromatic rings. The molecule has 3 nitrogen and oxygen atoms in total. The highest BCUT2D eigenvalue weighted by Gasteiger charge is 2.28. The van der Waals surface area contributed by atoms with E-state index in [9.17, 15) is 0 Å². The van der Waals surface area contributed by atoms with Crippen LogP contribution in [0.5, 0.6) is 0 Å². The minimum atomic E-state index is 0.391. The largest absolute Gasteiger partial charge is 0.278 e. The van der Waals surface area contributed by atoms with Crippen molar-refractivity contribution in [2.24, 2.45) is 10.9 Å². The maximum absolute atomic E-state index is 4.92. The molecule has 1 N–H and O–H groups in total. The molecule has 0 bridgehead atoms. The molecule has 0 unspecified atom stereocenters. The molecule has 0 fully saturated rings. The van der Waals surface area contributed by atoms with Crippen LogP contribution in [0.4, 0.5) is 0 Å². The summed E-state index contributed by atoms with van der Waals surface area (Å²) in [5.41, 5.74) is 5.51. The molecule has 16 heavy (non-hydrogen) atoms. The summed E-state index contributed by atoms with van der Waals surface area (Å²) in [4.78, 5) is 9.39. The van der Waals surface area contributed by atoms with Crippen LogP contribution < -0.4 is 5.48 Å². The number of aryl methyl sites for hydroxylation is 1. The van der Waals surface area contributed by atoms with E-state index in [1.165, 1.54) is 11.1 Å². The van der Waals surface area contributed by atoms with Crippen molar-refractivity contribution in [3.05, 3.63) is 35.4 Å². The van der Waals surface area contributed by atoms with Gasteiger partial charge in [0.25, 0.3) is 0 Å². The second-order valence-corrected chi connectivity index (χ2v) is 4.34. The van der Waals surface area contributed by atoms with Gasteiger partial charge < -0.3 is 0 Å². The highest BCUT2D eigenvalue weighted by Crippen LogP contribution is 2.30. The molecular formula is C13H18N2O. The molecule has 2 rings (SSSR count). The third-order valence-corrected chi connectivity index (χ3v) is 3.21. The number of aliphatic imine (C=N–C) groups is 1. The molecule has 3 heteroatoms. The normalized spacial score (nSPS) is 24.3. The van der Waals surface area contributed by atoms with Gasteiger partial charge in [0.05, 0.1) is 7.11 Å². The van der Waals surface area contributed by atoms with Gasteiger partial charge in [0.15, 0.2) is 0 Å². The lowest BCUT2D eigenvalue weighted by molar-refractivity contribution is 0.140. The quantitative estimate of drug-likeness (QED) is 0.773. The molecule has 2 atom stereocenters. The molecule has 0 spiro atoms. The fourth-order valence-electron chi connectivity index (χ4n) is 2.13. The summed E-state index contributed by atoms with van der Waals surface area (Å²) in [5.74, 6) is 1.81. The van der Waals surface area contributed by atoms with Crippen molar-refractivity contribution in [3.63, 3.8) is 0 Å². The van der Waals surface area contributed by atoms with Crippen LogP contribution in [-0.2, 0) is 4.84 Å². The average molecular weight is 218 g/mol. The lowest BCUT2D eigenvalue weighted by Gasteiger charge is -2.17. The van der Waals surface area contributed by atoms with E-state index in [2.05, 4.69) is 48.6 Å². The smallest absolute Gasteiger partial charge is 0.124 e. The zero-order valence-corrected chi connectivity index (χ0v) is 10.0. The molecular weight excluding hydrogens is 200 g/mol. The zero-order valence-electron chi connectivity index (χ0n) is 10.0. The minimum absolute atomic E-state index is 0.391. The first kappa shape index (κ1) is 11.1. The Morgan fingerprint density at radius 2 is 2.00 bits per heavy atom. The SMILES string of the molecule is CONC1=NC[C@@H](c2ccc(C)cc2)[C@@H]1C. The Hall–Kier alpha value is -1.35.